The van der Waals surface area contributed by atoms with E-state index in [1.54, 1.807) is 12.3 Å². The van der Waals surface area contributed by atoms with E-state index in [4.69, 9.17) is 5.11 Å². The molecule has 0 atom stereocenters. The van der Waals surface area contributed by atoms with Crippen LogP contribution in [0.4, 0.5) is 10.5 Å². The molecule has 1 fully saturated rings. The molecule has 5 rings (SSSR count). The van der Waals surface area contributed by atoms with Gasteiger partial charge in [0.2, 0.25) is 0 Å². The molecule has 2 aromatic carbocycles. The molecule has 3 aromatic rings. The monoisotopic (exact) mass is 403 g/mol. The van der Waals surface area contributed by atoms with Gasteiger partial charge in [-0.1, -0.05) is 18.2 Å². The second kappa shape index (κ2) is 7.31. The molecule has 152 valence electrons. The number of amides is 2. The minimum atomic E-state index is -1.19. The van der Waals surface area contributed by atoms with Gasteiger partial charge < -0.3 is 10.1 Å². The van der Waals surface area contributed by atoms with Crippen molar-refractivity contribution in [3.8, 4) is 11.3 Å². The number of hydrogen-bond acceptors (Lipinski definition) is 4. The summed E-state index contributed by atoms with van der Waals surface area (Å²) in [5.74, 6) is -0.377. The van der Waals surface area contributed by atoms with E-state index < -0.39 is 6.09 Å². The Bertz CT molecular complexity index is 1190. The molecule has 30 heavy (non-hydrogen) atoms. The van der Waals surface area contributed by atoms with Crippen LogP contribution in [0.5, 0.6) is 0 Å². The minimum Gasteiger partial charge on any atom is -0.465 e. The number of anilines is 1. The number of nitrogens with zero attached hydrogens (tertiary/aromatic N) is 2. The number of carboxylic acid groups (broad SMARTS) is 1. The highest BCUT2D eigenvalue weighted by Gasteiger charge is 2.22. The van der Waals surface area contributed by atoms with E-state index in [9.17, 15) is 9.59 Å². The van der Waals surface area contributed by atoms with Crippen molar-refractivity contribution in [1.82, 2.24) is 15.3 Å². The third-order valence-electron chi connectivity index (χ3n) is 5.61. The van der Waals surface area contributed by atoms with Crippen LogP contribution in [-0.2, 0) is 6.54 Å². The molecule has 0 bridgehead atoms. The van der Waals surface area contributed by atoms with Crippen molar-refractivity contribution in [3.05, 3.63) is 53.1 Å². The second-order valence-electron chi connectivity index (χ2n) is 7.67. The van der Waals surface area contributed by atoms with Gasteiger partial charge in [0.25, 0.3) is 5.91 Å². The first kappa shape index (κ1) is 18.4. The van der Waals surface area contributed by atoms with Crippen molar-refractivity contribution in [2.24, 2.45) is 5.10 Å². The molecule has 0 aliphatic carbocycles. The van der Waals surface area contributed by atoms with Crippen molar-refractivity contribution in [1.29, 1.82) is 0 Å². The number of hydrogen-bond donors (Lipinski definition) is 4. The van der Waals surface area contributed by atoms with E-state index in [-0.39, 0.29) is 5.91 Å². The van der Waals surface area contributed by atoms with Crippen LogP contribution < -0.4 is 10.7 Å². The van der Waals surface area contributed by atoms with Gasteiger partial charge in [-0.05, 0) is 55.3 Å². The third kappa shape index (κ3) is 3.31. The molecule has 2 aliphatic rings. The molecule has 2 amide bonds. The van der Waals surface area contributed by atoms with E-state index in [1.807, 2.05) is 12.1 Å². The lowest BCUT2D eigenvalue weighted by Gasteiger charge is -2.15. The average Bonchev–Trinajstić information content (AvgIpc) is 3.31. The first-order valence-electron chi connectivity index (χ1n) is 9.93. The highest BCUT2D eigenvalue weighted by molar-refractivity contribution is 6.18. The number of likely N-dealkylation sites (tertiary alicyclic amines) is 1. The molecule has 0 radical (unpaired) electrons. The van der Waals surface area contributed by atoms with Gasteiger partial charge in [-0.2, -0.15) is 5.10 Å². The highest BCUT2D eigenvalue weighted by atomic mass is 16.4. The number of benzene rings is 2. The number of rotatable bonds is 4. The number of aromatic amines is 1. The molecule has 4 N–H and O–H groups in total. The molecule has 8 heteroatoms. The Morgan fingerprint density at radius 2 is 2.03 bits per heavy atom. The summed E-state index contributed by atoms with van der Waals surface area (Å²) in [7, 11) is 0. The Morgan fingerprint density at radius 3 is 2.83 bits per heavy atom. The lowest BCUT2D eigenvalue weighted by atomic mass is 10.0. The lowest BCUT2D eigenvalue weighted by Crippen LogP contribution is -2.18. The summed E-state index contributed by atoms with van der Waals surface area (Å²) >= 11 is 0. The number of carbonyl (C=O) groups excluding carboxylic acids is 1. The SMILES string of the molecule is O=C(O)Nc1cc2c3c(c(-c4cccc(CN5CCCC5)c4)[nH]c3c1)C=NNC2=O. The molecule has 1 saturated heterocycles. The van der Waals surface area contributed by atoms with Gasteiger partial charge in [0.05, 0.1) is 17.5 Å². The number of H-pyrrole nitrogens is 1. The lowest BCUT2D eigenvalue weighted by molar-refractivity contribution is 0.0957. The maximum absolute atomic E-state index is 12.5. The quantitative estimate of drug-likeness (QED) is 0.533. The summed E-state index contributed by atoms with van der Waals surface area (Å²) in [5.41, 5.74) is 7.75. The molecule has 1 aromatic heterocycles. The minimum absolute atomic E-state index is 0.323. The second-order valence-corrected chi connectivity index (χ2v) is 7.67. The van der Waals surface area contributed by atoms with Crippen LogP contribution in [-0.4, -0.2) is 46.3 Å². The number of aromatic nitrogens is 1. The Balaban J connectivity index is 1.63. The van der Waals surface area contributed by atoms with E-state index in [0.29, 0.717) is 16.8 Å². The van der Waals surface area contributed by atoms with Gasteiger partial charge in [-0.3, -0.25) is 15.0 Å². The zero-order chi connectivity index (χ0) is 20.7. The van der Waals surface area contributed by atoms with Crippen LogP contribution in [0.1, 0.15) is 34.3 Å². The van der Waals surface area contributed by atoms with Gasteiger partial charge >= 0.3 is 6.09 Å². The Kier molecular flexibility index (Phi) is 4.48. The Morgan fingerprint density at radius 1 is 1.20 bits per heavy atom. The molecule has 2 aliphatic heterocycles. The van der Waals surface area contributed by atoms with Crippen LogP contribution in [0, 0.1) is 0 Å². The zero-order valence-corrected chi connectivity index (χ0v) is 16.2. The van der Waals surface area contributed by atoms with Crippen LogP contribution in [0.2, 0.25) is 0 Å². The number of nitrogens with one attached hydrogen (secondary N) is 3. The first-order valence-corrected chi connectivity index (χ1v) is 9.93. The van der Waals surface area contributed by atoms with Gasteiger partial charge in [-0.25, -0.2) is 10.2 Å². The fourth-order valence-corrected chi connectivity index (χ4v) is 4.33. The largest absolute Gasteiger partial charge is 0.465 e. The molecular weight excluding hydrogens is 382 g/mol. The zero-order valence-electron chi connectivity index (χ0n) is 16.2. The standard InChI is InChI=1S/C22H21N5O3/c28-21-16-9-15(24-22(29)30)10-18-19(16)17(11-23-26-21)20(25-18)14-5-3-4-13(8-14)12-27-6-1-2-7-27/h3-5,8-11,24-25H,1-2,6-7,12H2,(H,26,28)(H,29,30). The highest BCUT2D eigenvalue weighted by Crippen LogP contribution is 2.35. The van der Waals surface area contributed by atoms with Gasteiger partial charge in [0.15, 0.2) is 0 Å². The summed E-state index contributed by atoms with van der Waals surface area (Å²) in [4.78, 5) is 29.4. The van der Waals surface area contributed by atoms with Gasteiger partial charge in [0, 0.05) is 28.7 Å². The fraction of sp³-hybridized carbons (Fsp3) is 0.227. The van der Waals surface area contributed by atoms with E-state index in [1.165, 1.54) is 24.5 Å². The van der Waals surface area contributed by atoms with E-state index in [2.05, 4.69) is 37.9 Å². The first-order chi connectivity index (χ1) is 14.6. The molecule has 3 heterocycles. The van der Waals surface area contributed by atoms with Crippen LogP contribution >= 0.6 is 0 Å². The number of hydrazone groups is 1. The summed E-state index contributed by atoms with van der Waals surface area (Å²) in [6.07, 6.45) is 2.95. The topological polar surface area (TPSA) is 110 Å². The predicted octanol–water partition coefficient (Wildman–Crippen LogP) is 3.60. The van der Waals surface area contributed by atoms with Crippen LogP contribution in [0.25, 0.3) is 22.2 Å². The summed E-state index contributed by atoms with van der Waals surface area (Å²) < 4.78 is 0. The maximum Gasteiger partial charge on any atom is 0.409 e. The summed E-state index contributed by atoms with van der Waals surface area (Å²) in [6, 6.07) is 11.6. The van der Waals surface area contributed by atoms with E-state index >= 15 is 0 Å². The van der Waals surface area contributed by atoms with Crippen LogP contribution in [0.15, 0.2) is 41.5 Å². The van der Waals surface area contributed by atoms with Crippen molar-refractivity contribution in [2.75, 3.05) is 18.4 Å². The van der Waals surface area contributed by atoms with Crippen molar-refractivity contribution >= 4 is 34.8 Å². The van der Waals surface area contributed by atoms with Crippen LogP contribution in [0.3, 0.4) is 0 Å². The van der Waals surface area contributed by atoms with Crippen molar-refractivity contribution in [2.45, 2.75) is 19.4 Å². The average molecular weight is 403 g/mol. The Hall–Kier alpha value is -3.65. The molecule has 0 unspecified atom stereocenters. The summed E-state index contributed by atoms with van der Waals surface area (Å²) in [6.45, 7) is 3.17. The third-order valence-corrected chi connectivity index (χ3v) is 5.61. The van der Waals surface area contributed by atoms with Gasteiger partial charge in [-0.15, -0.1) is 0 Å². The normalized spacial score (nSPS) is 15.9. The fourth-order valence-electron chi connectivity index (χ4n) is 4.33. The Labute approximate surface area is 172 Å². The molecular formula is C22H21N5O3. The van der Waals surface area contributed by atoms with Crippen molar-refractivity contribution < 1.29 is 14.7 Å². The maximum atomic E-state index is 12.5. The molecule has 0 spiro atoms. The van der Waals surface area contributed by atoms with E-state index in [0.717, 1.165) is 41.8 Å². The summed E-state index contributed by atoms with van der Waals surface area (Å²) in [5, 5.41) is 16.2. The molecule has 8 nitrogen and oxygen atoms in total. The predicted molar refractivity (Wildman–Crippen MR) is 115 cm³/mol. The smallest absolute Gasteiger partial charge is 0.409 e. The van der Waals surface area contributed by atoms with Crippen molar-refractivity contribution in [3.63, 3.8) is 0 Å². The number of carbonyl (C=O) groups is 2. The molecule has 0 saturated carbocycles. The van der Waals surface area contributed by atoms with Gasteiger partial charge in [0.1, 0.15) is 0 Å².